The summed E-state index contributed by atoms with van der Waals surface area (Å²) in [5, 5.41) is 3.41. The molecule has 4 heteroatoms. The smallest absolute Gasteiger partial charge is 0.124 e. The van der Waals surface area contributed by atoms with Gasteiger partial charge in [0.2, 0.25) is 0 Å². The molecule has 0 amide bonds. The lowest BCUT2D eigenvalue weighted by atomic mass is 10.0. The molecule has 0 fully saturated rings. The van der Waals surface area contributed by atoms with E-state index in [0.717, 1.165) is 5.75 Å². The van der Waals surface area contributed by atoms with Gasteiger partial charge in [0.15, 0.2) is 0 Å². The van der Waals surface area contributed by atoms with Crippen molar-refractivity contribution < 1.29 is 4.74 Å². The van der Waals surface area contributed by atoms with E-state index in [2.05, 4.69) is 59.4 Å². The van der Waals surface area contributed by atoms with Crippen LogP contribution < -0.4 is 10.1 Å². The van der Waals surface area contributed by atoms with E-state index in [1.807, 2.05) is 14.0 Å². The van der Waals surface area contributed by atoms with Gasteiger partial charge in [-0.2, -0.15) is 0 Å². The first-order valence-electron chi connectivity index (χ1n) is 6.73. The third-order valence-electron chi connectivity index (χ3n) is 3.23. The predicted octanol–water partition coefficient (Wildman–Crippen LogP) is 4.83. The molecule has 1 atom stereocenters. The number of thiophene rings is 1. The summed E-state index contributed by atoms with van der Waals surface area (Å²) in [7, 11) is 1.99. The molecule has 0 saturated heterocycles. The lowest BCUT2D eigenvalue weighted by Gasteiger charge is -2.19. The highest BCUT2D eigenvalue weighted by Gasteiger charge is 2.19. The van der Waals surface area contributed by atoms with E-state index in [0.29, 0.717) is 6.61 Å². The van der Waals surface area contributed by atoms with Crippen LogP contribution in [0.15, 0.2) is 28.1 Å². The minimum Gasteiger partial charge on any atom is -0.494 e. The second kappa shape index (κ2) is 6.74. The summed E-state index contributed by atoms with van der Waals surface area (Å²) in [4.78, 5) is 1.29. The second-order valence-electron chi connectivity index (χ2n) is 4.80. The van der Waals surface area contributed by atoms with Crippen molar-refractivity contribution in [3.63, 3.8) is 0 Å². The maximum atomic E-state index is 5.79. The molecular weight excluding hydrogens is 334 g/mol. The molecule has 20 heavy (non-hydrogen) atoms. The third-order valence-corrected chi connectivity index (χ3v) is 5.43. The first-order chi connectivity index (χ1) is 9.56. The van der Waals surface area contributed by atoms with Crippen LogP contribution >= 0.6 is 27.3 Å². The fourth-order valence-electron chi connectivity index (χ4n) is 2.26. The number of nitrogens with one attached hydrogen (secondary N) is 1. The molecule has 1 N–H and O–H groups in total. The van der Waals surface area contributed by atoms with Gasteiger partial charge in [-0.1, -0.05) is 17.7 Å². The molecule has 0 aliphatic heterocycles. The maximum absolute atomic E-state index is 5.79. The van der Waals surface area contributed by atoms with Gasteiger partial charge < -0.3 is 10.1 Å². The number of hydrogen-bond donors (Lipinski definition) is 1. The van der Waals surface area contributed by atoms with E-state index in [1.54, 1.807) is 11.3 Å². The molecule has 0 aliphatic rings. The van der Waals surface area contributed by atoms with Crippen molar-refractivity contribution in [2.45, 2.75) is 26.8 Å². The van der Waals surface area contributed by atoms with Crippen LogP contribution in [0, 0.1) is 13.8 Å². The Morgan fingerprint density at radius 2 is 2.05 bits per heavy atom. The van der Waals surface area contributed by atoms with Crippen molar-refractivity contribution in [1.29, 1.82) is 0 Å². The van der Waals surface area contributed by atoms with Crippen molar-refractivity contribution in [2.24, 2.45) is 0 Å². The predicted molar refractivity (Wildman–Crippen MR) is 90.0 cm³/mol. The largest absolute Gasteiger partial charge is 0.494 e. The highest BCUT2D eigenvalue weighted by atomic mass is 79.9. The van der Waals surface area contributed by atoms with E-state index < -0.39 is 0 Å². The van der Waals surface area contributed by atoms with Crippen LogP contribution in [0.2, 0.25) is 0 Å². The van der Waals surface area contributed by atoms with Crippen LogP contribution in [-0.4, -0.2) is 13.7 Å². The summed E-state index contributed by atoms with van der Waals surface area (Å²) in [5.41, 5.74) is 3.72. The Morgan fingerprint density at radius 1 is 1.30 bits per heavy atom. The van der Waals surface area contributed by atoms with E-state index >= 15 is 0 Å². The molecule has 0 saturated carbocycles. The zero-order valence-electron chi connectivity index (χ0n) is 12.3. The van der Waals surface area contributed by atoms with E-state index in [1.165, 1.54) is 25.4 Å². The molecule has 0 radical (unpaired) electrons. The van der Waals surface area contributed by atoms with Crippen LogP contribution in [0.3, 0.4) is 0 Å². The Morgan fingerprint density at radius 3 is 2.60 bits per heavy atom. The molecule has 2 rings (SSSR count). The number of halogens is 1. The first kappa shape index (κ1) is 15.5. The first-order valence-corrected chi connectivity index (χ1v) is 8.34. The van der Waals surface area contributed by atoms with Gasteiger partial charge in [-0.3, -0.25) is 0 Å². The Balaban J connectivity index is 2.47. The van der Waals surface area contributed by atoms with E-state index in [4.69, 9.17) is 4.74 Å². The average Bonchev–Trinajstić information content (AvgIpc) is 2.73. The Labute approximate surface area is 133 Å². The van der Waals surface area contributed by atoms with Gasteiger partial charge in [0.05, 0.1) is 16.4 Å². The second-order valence-corrected chi connectivity index (χ2v) is 7.20. The number of rotatable bonds is 5. The zero-order valence-corrected chi connectivity index (χ0v) is 14.7. The lowest BCUT2D eigenvalue weighted by molar-refractivity contribution is 0.334. The molecule has 2 nitrogen and oxygen atoms in total. The van der Waals surface area contributed by atoms with Crippen LogP contribution in [0.4, 0.5) is 0 Å². The summed E-state index contributed by atoms with van der Waals surface area (Å²) in [6, 6.07) is 8.75. The summed E-state index contributed by atoms with van der Waals surface area (Å²) < 4.78 is 6.98. The minimum absolute atomic E-state index is 0.159. The molecule has 0 aliphatic carbocycles. The molecule has 2 aromatic rings. The van der Waals surface area contributed by atoms with Crippen LogP contribution in [0.5, 0.6) is 5.75 Å². The van der Waals surface area contributed by atoms with Crippen LogP contribution in [0.1, 0.15) is 34.5 Å². The monoisotopic (exact) mass is 353 g/mol. The number of ether oxygens (including phenoxy) is 1. The van der Waals surface area contributed by atoms with Gasteiger partial charge in [0.25, 0.3) is 0 Å². The SMILES string of the molecule is CCOc1ccc(C)cc1C(NC)c1cc(C)c(Br)s1. The lowest BCUT2D eigenvalue weighted by Crippen LogP contribution is -2.17. The maximum Gasteiger partial charge on any atom is 0.124 e. The summed E-state index contributed by atoms with van der Waals surface area (Å²) in [5.74, 6) is 0.958. The van der Waals surface area contributed by atoms with Crippen molar-refractivity contribution in [3.05, 3.63) is 49.6 Å². The Hall–Kier alpha value is -0.840. The van der Waals surface area contributed by atoms with Crippen LogP contribution in [-0.2, 0) is 0 Å². The Kier molecular flexibility index (Phi) is 5.24. The van der Waals surface area contributed by atoms with Gasteiger partial charge in [-0.15, -0.1) is 11.3 Å². The topological polar surface area (TPSA) is 21.3 Å². The standard InChI is InChI=1S/C16H20BrNOS/c1-5-19-13-7-6-10(2)8-12(13)15(18-4)14-9-11(3)16(17)20-14/h6-9,15,18H,5H2,1-4H3. The quantitative estimate of drug-likeness (QED) is 0.830. The number of benzene rings is 1. The van der Waals surface area contributed by atoms with Gasteiger partial charge in [-0.25, -0.2) is 0 Å². The van der Waals surface area contributed by atoms with Gasteiger partial charge in [0, 0.05) is 10.4 Å². The minimum atomic E-state index is 0.159. The zero-order chi connectivity index (χ0) is 14.7. The molecule has 1 aromatic carbocycles. The van der Waals surface area contributed by atoms with Crippen molar-refractivity contribution in [1.82, 2.24) is 5.32 Å². The Bertz CT molecular complexity index is 575. The molecule has 0 bridgehead atoms. The molecule has 108 valence electrons. The summed E-state index contributed by atoms with van der Waals surface area (Å²) in [6.45, 7) is 6.93. The average molecular weight is 354 g/mol. The highest BCUT2D eigenvalue weighted by molar-refractivity contribution is 9.11. The fourth-order valence-corrected chi connectivity index (χ4v) is 3.96. The normalized spacial score (nSPS) is 12.4. The van der Waals surface area contributed by atoms with Gasteiger partial charge >= 0.3 is 0 Å². The highest BCUT2D eigenvalue weighted by Crippen LogP contribution is 2.37. The van der Waals surface area contributed by atoms with Crippen molar-refractivity contribution in [2.75, 3.05) is 13.7 Å². The van der Waals surface area contributed by atoms with Crippen molar-refractivity contribution in [3.8, 4) is 5.75 Å². The van der Waals surface area contributed by atoms with E-state index in [-0.39, 0.29) is 6.04 Å². The fraction of sp³-hybridized carbons (Fsp3) is 0.375. The summed E-state index contributed by atoms with van der Waals surface area (Å²) >= 11 is 5.38. The molecule has 1 aromatic heterocycles. The third kappa shape index (κ3) is 3.25. The van der Waals surface area contributed by atoms with Gasteiger partial charge in [-0.05, 0) is 61.4 Å². The number of aryl methyl sites for hydroxylation is 2. The molecule has 1 heterocycles. The van der Waals surface area contributed by atoms with E-state index in [9.17, 15) is 0 Å². The van der Waals surface area contributed by atoms with Gasteiger partial charge in [0.1, 0.15) is 5.75 Å². The molecule has 0 spiro atoms. The summed E-state index contributed by atoms with van der Waals surface area (Å²) in [6.07, 6.45) is 0. The number of hydrogen-bond acceptors (Lipinski definition) is 3. The van der Waals surface area contributed by atoms with Crippen molar-refractivity contribution >= 4 is 27.3 Å². The molecular formula is C16H20BrNOS. The molecule has 1 unspecified atom stereocenters. The van der Waals surface area contributed by atoms with Crippen LogP contribution in [0.25, 0.3) is 0 Å².